The van der Waals surface area contributed by atoms with Crippen LogP contribution in [0.4, 0.5) is 5.69 Å². The Bertz CT molecular complexity index is 1160. The van der Waals surface area contributed by atoms with Crippen LogP contribution in [0.1, 0.15) is 11.5 Å². The molecule has 0 spiro atoms. The van der Waals surface area contributed by atoms with Crippen LogP contribution in [0.15, 0.2) is 42.4 Å². The average Bonchev–Trinajstić information content (AvgIpc) is 3.24. The fraction of sp³-hybridized carbons (Fsp3) is 0.294. The molecule has 0 aliphatic carbocycles. The summed E-state index contributed by atoms with van der Waals surface area (Å²) in [7, 11) is -1.30. The van der Waals surface area contributed by atoms with E-state index >= 15 is 0 Å². The SMILES string of the molecule is Cc1ccc(CNC2=NS(=O)N=C2CNc2ccc(Cl)c(S(=O)(=O)N(C)C)c2O)o1. The van der Waals surface area contributed by atoms with Gasteiger partial charge in [-0.3, -0.25) is 0 Å². The number of benzene rings is 1. The molecule has 0 saturated carbocycles. The molecule has 3 N–H and O–H groups in total. The van der Waals surface area contributed by atoms with Crippen molar-refractivity contribution in [2.24, 2.45) is 8.80 Å². The summed E-state index contributed by atoms with van der Waals surface area (Å²) >= 11 is 4.23. The van der Waals surface area contributed by atoms with E-state index in [2.05, 4.69) is 19.4 Å². The third-order valence-corrected chi connectivity index (χ3v) is 7.16. The highest BCUT2D eigenvalue weighted by atomic mass is 35.5. The minimum atomic E-state index is -3.97. The van der Waals surface area contributed by atoms with Gasteiger partial charge in [-0.15, -0.1) is 4.40 Å². The van der Waals surface area contributed by atoms with Gasteiger partial charge in [-0.1, -0.05) is 11.6 Å². The van der Waals surface area contributed by atoms with Crippen molar-refractivity contribution in [3.05, 3.63) is 40.8 Å². The number of sulfonamides is 1. The van der Waals surface area contributed by atoms with Crippen LogP contribution in [0.3, 0.4) is 0 Å². The fourth-order valence-electron chi connectivity index (χ4n) is 2.59. The third kappa shape index (κ3) is 4.67. The lowest BCUT2D eigenvalue weighted by atomic mass is 10.2. The molecular weight excluding hydrogens is 454 g/mol. The summed E-state index contributed by atoms with van der Waals surface area (Å²) < 4.78 is 51.0. The monoisotopic (exact) mass is 473 g/mol. The number of hydrogen-bond donors (Lipinski definition) is 3. The first-order valence-electron chi connectivity index (χ1n) is 8.65. The summed E-state index contributed by atoms with van der Waals surface area (Å²) in [5.41, 5.74) is 0.476. The molecule has 3 rings (SSSR count). The van der Waals surface area contributed by atoms with Crippen LogP contribution in [0, 0.1) is 6.92 Å². The highest BCUT2D eigenvalue weighted by Gasteiger charge is 2.27. The Morgan fingerprint density at radius 2 is 1.90 bits per heavy atom. The summed E-state index contributed by atoms with van der Waals surface area (Å²) in [6.45, 7) is 2.18. The first kappa shape index (κ1) is 22.3. The minimum Gasteiger partial charge on any atom is -0.504 e. The number of nitrogens with zero attached hydrogens (tertiary/aromatic N) is 3. The molecule has 2 heterocycles. The van der Waals surface area contributed by atoms with E-state index < -0.39 is 31.8 Å². The fourth-order valence-corrected chi connectivity index (χ4v) is 4.77. The summed E-state index contributed by atoms with van der Waals surface area (Å²) in [6, 6.07) is 6.43. The van der Waals surface area contributed by atoms with E-state index in [1.54, 1.807) is 0 Å². The van der Waals surface area contributed by atoms with Crippen molar-refractivity contribution in [2.45, 2.75) is 18.4 Å². The Balaban J connectivity index is 1.75. The van der Waals surface area contributed by atoms with E-state index in [1.165, 1.54) is 26.2 Å². The number of halogens is 1. The van der Waals surface area contributed by atoms with Crippen LogP contribution in [0.25, 0.3) is 0 Å². The zero-order valence-corrected chi connectivity index (χ0v) is 18.7. The highest BCUT2D eigenvalue weighted by molar-refractivity contribution is 7.89. The smallest absolute Gasteiger partial charge is 0.268 e. The van der Waals surface area contributed by atoms with Gasteiger partial charge in [0.1, 0.15) is 22.1 Å². The molecule has 2 aromatic rings. The van der Waals surface area contributed by atoms with Crippen molar-refractivity contribution in [3.63, 3.8) is 0 Å². The van der Waals surface area contributed by atoms with Gasteiger partial charge in [-0.05, 0) is 31.2 Å². The molecule has 13 heteroatoms. The molecule has 1 atom stereocenters. The maximum atomic E-state index is 12.5. The molecule has 0 amide bonds. The van der Waals surface area contributed by atoms with Gasteiger partial charge in [0.25, 0.3) is 11.2 Å². The van der Waals surface area contributed by atoms with Crippen molar-refractivity contribution < 1.29 is 22.2 Å². The molecular formula is C17H20ClN5O5S2. The second-order valence-electron chi connectivity index (χ2n) is 6.49. The Hall–Kier alpha value is -2.41. The standard InChI is InChI=1S/C17H20ClN5O5S2/c1-10-4-5-11(28-10)8-20-17-14(21-29(25)22-17)9-19-13-7-6-12(18)16(15(13)24)30(26,27)23(2)3/h4-7,19,24H,8-9H2,1-3H3,(H,20,22). The molecule has 30 heavy (non-hydrogen) atoms. The van der Waals surface area contributed by atoms with Crippen LogP contribution in [0.2, 0.25) is 5.02 Å². The Labute approximate surface area is 181 Å². The van der Waals surface area contributed by atoms with Crippen molar-refractivity contribution in [3.8, 4) is 5.75 Å². The molecule has 0 saturated heterocycles. The lowest BCUT2D eigenvalue weighted by Gasteiger charge is -2.17. The van der Waals surface area contributed by atoms with Crippen molar-refractivity contribution in [1.29, 1.82) is 0 Å². The summed E-state index contributed by atoms with van der Waals surface area (Å²) in [5, 5.41) is 16.3. The van der Waals surface area contributed by atoms with Gasteiger partial charge >= 0.3 is 0 Å². The molecule has 0 fully saturated rings. The molecule has 1 aliphatic heterocycles. The molecule has 0 radical (unpaired) electrons. The summed E-state index contributed by atoms with van der Waals surface area (Å²) in [6.07, 6.45) is 0. The quantitative estimate of drug-likeness (QED) is 0.521. The normalized spacial score (nSPS) is 16.5. The van der Waals surface area contributed by atoms with Gasteiger partial charge in [0.15, 0.2) is 11.6 Å². The third-order valence-electron chi connectivity index (χ3n) is 4.13. The van der Waals surface area contributed by atoms with Gasteiger partial charge in [0.05, 0.1) is 23.8 Å². The van der Waals surface area contributed by atoms with Crippen LogP contribution in [0.5, 0.6) is 5.75 Å². The minimum absolute atomic E-state index is 0.0331. The second-order valence-corrected chi connectivity index (χ2v) is 9.81. The summed E-state index contributed by atoms with van der Waals surface area (Å²) in [4.78, 5) is -0.406. The van der Waals surface area contributed by atoms with Crippen LogP contribution in [-0.2, 0) is 27.7 Å². The van der Waals surface area contributed by atoms with E-state index in [4.69, 9.17) is 16.0 Å². The van der Waals surface area contributed by atoms with Gasteiger partial charge in [-0.25, -0.2) is 16.9 Å². The van der Waals surface area contributed by atoms with Crippen molar-refractivity contribution >= 4 is 50.0 Å². The number of phenolic OH excluding ortho intramolecular Hbond substituents is 1. The average molecular weight is 474 g/mol. The van der Waals surface area contributed by atoms with Crippen molar-refractivity contribution in [1.82, 2.24) is 9.62 Å². The van der Waals surface area contributed by atoms with E-state index in [0.29, 0.717) is 23.9 Å². The molecule has 0 bridgehead atoms. The van der Waals surface area contributed by atoms with E-state index in [1.807, 2.05) is 19.1 Å². The van der Waals surface area contributed by atoms with Gasteiger partial charge < -0.3 is 20.2 Å². The van der Waals surface area contributed by atoms with Crippen LogP contribution >= 0.6 is 11.6 Å². The lowest BCUT2D eigenvalue weighted by molar-refractivity contribution is 0.454. The van der Waals surface area contributed by atoms with Crippen molar-refractivity contribution in [2.75, 3.05) is 26.0 Å². The van der Waals surface area contributed by atoms with E-state index in [9.17, 15) is 17.7 Å². The maximum absolute atomic E-state index is 12.5. The first-order chi connectivity index (χ1) is 14.1. The number of phenols is 1. The Morgan fingerprint density at radius 1 is 1.17 bits per heavy atom. The molecule has 10 nitrogen and oxygen atoms in total. The van der Waals surface area contributed by atoms with Gasteiger partial charge in [-0.2, -0.15) is 4.40 Å². The Kier molecular flexibility index (Phi) is 6.50. The van der Waals surface area contributed by atoms with Crippen LogP contribution in [-0.4, -0.2) is 54.2 Å². The number of amidine groups is 1. The van der Waals surface area contributed by atoms with E-state index in [-0.39, 0.29) is 17.3 Å². The number of aromatic hydroxyl groups is 1. The van der Waals surface area contributed by atoms with E-state index in [0.717, 1.165) is 10.1 Å². The zero-order valence-electron chi connectivity index (χ0n) is 16.3. The zero-order chi connectivity index (χ0) is 22.1. The number of rotatable bonds is 7. The van der Waals surface area contributed by atoms with Gasteiger partial charge in [0, 0.05) is 14.1 Å². The predicted molar refractivity (Wildman–Crippen MR) is 116 cm³/mol. The highest BCUT2D eigenvalue weighted by Crippen LogP contribution is 2.37. The van der Waals surface area contributed by atoms with Crippen LogP contribution < -0.4 is 10.6 Å². The summed E-state index contributed by atoms with van der Waals surface area (Å²) in [5.74, 6) is 1.23. The molecule has 162 valence electrons. The first-order valence-corrected chi connectivity index (χ1v) is 11.5. The molecule has 1 unspecified atom stereocenters. The lowest BCUT2D eigenvalue weighted by Crippen LogP contribution is -2.33. The topological polar surface area (TPSA) is 137 Å². The molecule has 1 aliphatic rings. The molecule has 1 aromatic heterocycles. The predicted octanol–water partition coefficient (Wildman–Crippen LogP) is 1.83. The largest absolute Gasteiger partial charge is 0.504 e. The number of hydrogen-bond acceptors (Lipinski definition) is 7. The Morgan fingerprint density at radius 3 is 2.53 bits per heavy atom. The number of anilines is 1. The number of aryl methyl sites for hydroxylation is 1. The molecule has 1 aromatic carbocycles. The maximum Gasteiger partial charge on any atom is 0.268 e. The number of furan rings is 1. The van der Waals surface area contributed by atoms with Gasteiger partial charge in [0.2, 0.25) is 10.0 Å². The second kappa shape index (κ2) is 8.76. The number of nitrogens with one attached hydrogen (secondary N) is 2.